The van der Waals surface area contributed by atoms with Crippen molar-refractivity contribution in [3.8, 4) is 0 Å². The molecule has 17 heavy (non-hydrogen) atoms. The highest BCUT2D eigenvalue weighted by molar-refractivity contribution is 5.92. The van der Waals surface area contributed by atoms with Crippen molar-refractivity contribution in [3.05, 3.63) is 24.0 Å². The molecule has 0 spiro atoms. The quantitative estimate of drug-likeness (QED) is 0.807. The number of amides is 1. The molecule has 0 radical (unpaired) electrons. The maximum absolute atomic E-state index is 11.8. The summed E-state index contributed by atoms with van der Waals surface area (Å²) in [7, 11) is 0. The first-order valence-electron chi connectivity index (χ1n) is 5.58. The lowest BCUT2D eigenvalue weighted by molar-refractivity contribution is -0.00818. The first kappa shape index (κ1) is 13.4. The van der Waals surface area contributed by atoms with Gasteiger partial charge >= 0.3 is 0 Å². The molecule has 0 aliphatic rings. The molecule has 0 bridgehead atoms. The number of hydrogen-bond acceptors (Lipinski definition) is 4. The van der Waals surface area contributed by atoms with E-state index in [0.29, 0.717) is 24.5 Å². The Labute approximate surface area is 101 Å². The fourth-order valence-electron chi connectivity index (χ4n) is 1.40. The standard InChI is InChI=1S/C12H19N3O2/c1-4-17-12(2,3)8-15-11(16)10-7-9(13)5-6-14-10/h5-7H,4,8H2,1-3H3,(H2,13,14)(H,15,16). The Morgan fingerprint density at radius 1 is 1.59 bits per heavy atom. The Balaban J connectivity index is 2.56. The summed E-state index contributed by atoms with van der Waals surface area (Å²) in [6.07, 6.45) is 1.51. The van der Waals surface area contributed by atoms with E-state index >= 15 is 0 Å². The molecule has 94 valence electrons. The van der Waals surface area contributed by atoms with E-state index < -0.39 is 0 Å². The van der Waals surface area contributed by atoms with Gasteiger partial charge in [-0.3, -0.25) is 9.78 Å². The minimum Gasteiger partial charge on any atom is -0.399 e. The third-order valence-electron chi connectivity index (χ3n) is 2.23. The van der Waals surface area contributed by atoms with Crippen LogP contribution >= 0.6 is 0 Å². The van der Waals surface area contributed by atoms with E-state index in [0.717, 1.165) is 0 Å². The van der Waals surface area contributed by atoms with Gasteiger partial charge in [0.2, 0.25) is 0 Å². The van der Waals surface area contributed by atoms with Crippen LogP contribution in [0.5, 0.6) is 0 Å². The van der Waals surface area contributed by atoms with E-state index in [9.17, 15) is 4.79 Å². The van der Waals surface area contributed by atoms with Crippen LogP contribution in [0.2, 0.25) is 0 Å². The zero-order chi connectivity index (χ0) is 12.9. The van der Waals surface area contributed by atoms with Crippen LogP contribution in [0.15, 0.2) is 18.3 Å². The number of aromatic nitrogens is 1. The third kappa shape index (κ3) is 4.40. The number of nitrogens with two attached hydrogens (primary N) is 1. The molecule has 0 aromatic carbocycles. The van der Waals surface area contributed by atoms with Crippen LogP contribution in [0.4, 0.5) is 5.69 Å². The number of pyridine rings is 1. The van der Waals surface area contributed by atoms with Gasteiger partial charge < -0.3 is 15.8 Å². The van der Waals surface area contributed by atoms with Gasteiger partial charge in [-0.2, -0.15) is 0 Å². The van der Waals surface area contributed by atoms with E-state index in [1.165, 1.54) is 6.20 Å². The fraction of sp³-hybridized carbons (Fsp3) is 0.500. The summed E-state index contributed by atoms with van der Waals surface area (Å²) < 4.78 is 5.48. The average Bonchev–Trinajstić information content (AvgIpc) is 2.26. The lowest BCUT2D eigenvalue weighted by Gasteiger charge is -2.24. The zero-order valence-electron chi connectivity index (χ0n) is 10.5. The predicted molar refractivity (Wildman–Crippen MR) is 66.7 cm³/mol. The summed E-state index contributed by atoms with van der Waals surface area (Å²) >= 11 is 0. The molecule has 3 N–H and O–H groups in total. The number of carbonyl (C=O) groups is 1. The highest BCUT2D eigenvalue weighted by atomic mass is 16.5. The second-order valence-electron chi connectivity index (χ2n) is 4.35. The van der Waals surface area contributed by atoms with Crippen LogP contribution in [0.1, 0.15) is 31.3 Å². The number of hydrogen-bond donors (Lipinski definition) is 2. The van der Waals surface area contributed by atoms with E-state index in [4.69, 9.17) is 10.5 Å². The van der Waals surface area contributed by atoms with Crippen molar-refractivity contribution in [3.63, 3.8) is 0 Å². The van der Waals surface area contributed by atoms with Gasteiger partial charge in [0.15, 0.2) is 0 Å². The number of nitrogens with one attached hydrogen (secondary N) is 1. The molecule has 1 aromatic rings. The lowest BCUT2D eigenvalue weighted by atomic mass is 10.1. The summed E-state index contributed by atoms with van der Waals surface area (Å²) in [6.45, 7) is 6.80. The summed E-state index contributed by atoms with van der Waals surface area (Å²) in [5, 5.41) is 2.77. The van der Waals surface area contributed by atoms with Crippen LogP contribution in [-0.2, 0) is 4.74 Å². The van der Waals surface area contributed by atoms with E-state index in [1.807, 2.05) is 20.8 Å². The van der Waals surface area contributed by atoms with Crippen molar-refractivity contribution >= 4 is 11.6 Å². The van der Waals surface area contributed by atoms with Crippen LogP contribution in [0.25, 0.3) is 0 Å². The minimum absolute atomic E-state index is 0.245. The maximum atomic E-state index is 11.8. The molecule has 0 saturated heterocycles. The monoisotopic (exact) mass is 237 g/mol. The number of ether oxygens (including phenoxy) is 1. The lowest BCUT2D eigenvalue weighted by Crippen LogP contribution is -2.40. The topological polar surface area (TPSA) is 77.2 Å². The molecular weight excluding hydrogens is 218 g/mol. The van der Waals surface area contributed by atoms with Crippen molar-refractivity contribution in [2.75, 3.05) is 18.9 Å². The number of nitrogens with zero attached hydrogens (tertiary/aromatic N) is 1. The van der Waals surface area contributed by atoms with Crippen molar-refractivity contribution in [2.45, 2.75) is 26.4 Å². The first-order valence-corrected chi connectivity index (χ1v) is 5.58. The summed E-state index contributed by atoms with van der Waals surface area (Å²) in [6, 6.07) is 3.18. The third-order valence-corrected chi connectivity index (χ3v) is 2.23. The molecule has 0 fully saturated rings. The molecule has 0 aliphatic heterocycles. The zero-order valence-corrected chi connectivity index (χ0v) is 10.5. The highest BCUT2D eigenvalue weighted by Gasteiger charge is 2.19. The number of carbonyl (C=O) groups excluding carboxylic acids is 1. The summed E-state index contributed by atoms with van der Waals surface area (Å²) in [5.41, 5.74) is 6.04. The Morgan fingerprint density at radius 2 is 2.29 bits per heavy atom. The fourth-order valence-corrected chi connectivity index (χ4v) is 1.40. The van der Waals surface area contributed by atoms with E-state index in [1.54, 1.807) is 12.1 Å². The predicted octanol–water partition coefficient (Wildman–Crippen LogP) is 1.21. The van der Waals surface area contributed by atoms with Gasteiger partial charge in [-0.1, -0.05) is 0 Å². The number of anilines is 1. The Kier molecular flexibility index (Phi) is 4.45. The SMILES string of the molecule is CCOC(C)(C)CNC(=O)c1cc(N)ccn1. The smallest absolute Gasteiger partial charge is 0.270 e. The molecule has 5 heteroatoms. The molecule has 1 amide bonds. The van der Waals surface area contributed by atoms with Crippen molar-refractivity contribution in [1.82, 2.24) is 10.3 Å². The Morgan fingerprint density at radius 3 is 2.88 bits per heavy atom. The van der Waals surface area contributed by atoms with E-state index in [-0.39, 0.29) is 11.5 Å². The molecular formula is C12H19N3O2. The van der Waals surface area contributed by atoms with Gasteiger partial charge in [0, 0.05) is 25.0 Å². The van der Waals surface area contributed by atoms with Crippen LogP contribution in [-0.4, -0.2) is 29.6 Å². The van der Waals surface area contributed by atoms with Crippen LogP contribution in [0.3, 0.4) is 0 Å². The molecule has 0 aliphatic carbocycles. The van der Waals surface area contributed by atoms with Gasteiger partial charge in [0.05, 0.1) is 5.60 Å². The highest BCUT2D eigenvalue weighted by Crippen LogP contribution is 2.08. The number of rotatable bonds is 5. The average molecular weight is 237 g/mol. The molecule has 1 aromatic heterocycles. The van der Waals surface area contributed by atoms with Gasteiger partial charge in [-0.15, -0.1) is 0 Å². The van der Waals surface area contributed by atoms with Crippen LogP contribution < -0.4 is 11.1 Å². The van der Waals surface area contributed by atoms with Crippen molar-refractivity contribution in [2.24, 2.45) is 0 Å². The van der Waals surface area contributed by atoms with Crippen molar-refractivity contribution in [1.29, 1.82) is 0 Å². The second-order valence-corrected chi connectivity index (χ2v) is 4.35. The maximum Gasteiger partial charge on any atom is 0.270 e. The molecule has 0 unspecified atom stereocenters. The normalized spacial score (nSPS) is 11.2. The van der Waals surface area contributed by atoms with Gasteiger partial charge in [0.25, 0.3) is 5.91 Å². The Hall–Kier alpha value is -1.62. The van der Waals surface area contributed by atoms with Gasteiger partial charge in [-0.05, 0) is 32.9 Å². The minimum atomic E-state index is -0.384. The van der Waals surface area contributed by atoms with E-state index in [2.05, 4.69) is 10.3 Å². The molecule has 1 rings (SSSR count). The first-order chi connectivity index (χ1) is 7.94. The van der Waals surface area contributed by atoms with Gasteiger partial charge in [-0.25, -0.2) is 0 Å². The van der Waals surface area contributed by atoms with Crippen LogP contribution in [0, 0.1) is 0 Å². The Bertz CT molecular complexity index is 391. The molecule has 0 saturated carbocycles. The molecule has 0 atom stereocenters. The largest absolute Gasteiger partial charge is 0.399 e. The molecule has 5 nitrogen and oxygen atoms in total. The summed E-state index contributed by atoms with van der Waals surface area (Å²) in [4.78, 5) is 15.7. The summed E-state index contributed by atoms with van der Waals surface area (Å²) in [5.74, 6) is -0.245. The molecule has 1 heterocycles. The van der Waals surface area contributed by atoms with Crippen molar-refractivity contribution < 1.29 is 9.53 Å². The second kappa shape index (κ2) is 5.63. The van der Waals surface area contributed by atoms with Gasteiger partial charge in [0.1, 0.15) is 5.69 Å². The number of nitrogen functional groups attached to an aromatic ring is 1.